The summed E-state index contributed by atoms with van der Waals surface area (Å²) in [6, 6.07) is 8.32. The minimum absolute atomic E-state index is 0.0442. The molecule has 8 heteroatoms. The SMILES string of the molecule is CN(Cc1cccc(C(=N)N)c1)S(=O)(=O)c1ccn[nH]1. The highest BCUT2D eigenvalue weighted by atomic mass is 32.2. The van der Waals surface area contributed by atoms with Crippen LogP contribution in [0.2, 0.25) is 0 Å². The molecule has 0 saturated carbocycles. The first-order chi connectivity index (χ1) is 9.41. The van der Waals surface area contributed by atoms with Gasteiger partial charge in [-0.3, -0.25) is 10.5 Å². The fourth-order valence-corrected chi connectivity index (χ4v) is 2.79. The van der Waals surface area contributed by atoms with Gasteiger partial charge in [-0.2, -0.15) is 9.40 Å². The highest BCUT2D eigenvalue weighted by Gasteiger charge is 2.22. The Balaban J connectivity index is 2.22. The standard InChI is InChI=1S/C12H15N5O2S/c1-17(20(18,19)11-5-6-15-16-11)8-9-3-2-4-10(7-9)12(13)14/h2-7H,8H2,1H3,(H3,13,14)(H,15,16). The lowest BCUT2D eigenvalue weighted by Crippen LogP contribution is -2.27. The molecule has 2 aromatic rings. The molecule has 0 amide bonds. The fourth-order valence-electron chi connectivity index (χ4n) is 1.73. The summed E-state index contributed by atoms with van der Waals surface area (Å²) in [5, 5.41) is 13.5. The Kier molecular flexibility index (Phi) is 3.86. The summed E-state index contributed by atoms with van der Waals surface area (Å²) in [5.41, 5.74) is 6.73. The summed E-state index contributed by atoms with van der Waals surface area (Å²) >= 11 is 0. The van der Waals surface area contributed by atoms with E-state index < -0.39 is 10.0 Å². The number of H-pyrrole nitrogens is 1. The van der Waals surface area contributed by atoms with E-state index in [-0.39, 0.29) is 17.4 Å². The van der Waals surface area contributed by atoms with Gasteiger partial charge in [0.2, 0.25) is 0 Å². The fraction of sp³-hybridized carbons (Fsp3) is 0.167. The van der Waals surface area contributed by atoms with Crippen LogP contribution in [0, 0.1) is 5.41 Å². The van der Waals surface area contributed by atoms with Crippen molar-refractivity contribution in [3.05, 3.63) is 47.7 Å². The maximum absolute atomic E-state index is 12.2. The molecule has 106 valence electrons. The molecule has 2 rings (SSSR count). The van der Waals surface area contributed by atoms with Crippen LogP contribution in [0.15, 0.2) is 41.6 Å². The summed E-state index contributed by atoms with van der Waals surface area (Å²) in [5.74, 6) is -0.0501. The third-order valence-corrected chi connectivity index (χ3v) is 4.54. The molecule has 20 heavy (non-hydrogen) atoms. The second-order valence-electron chi connectivity index (χ2n) is 4.30. The van der Waals surface area contributed by atoms with Crippen molar-refractivity contribution in [3.8, 4) is 0 Å². The number of aromatic nitrogens is 2. The molecule has 0 fully saturated rings. The molecule has 0 aliphatic carbocycles. The van der Waals surface area contributed by atoms with Gasteiger partial charge < -0.3 is 5.73 Å². The first-order valence-corrected chi connectivity index (χ1v) is 7.24. The quantitative estimate of drug-likeness (QED) is 0.550. The minimum Gasteiger partial charge on any atom is -0.384 e. The molecule has 7 nitrogen and oxygen atoms in total. The summed E-state index contributed by atoms with van der Waals surface area (Å²) < 4.78 is 25.6. The Labute approximate surface area is 117 Å². The van der Waals surface area contributed by atoms with E-state index in [4.69, 9.17) is 11.1 Å². The van der Waals surface area contributed by atoms with Gasteiger partial charge in [-0.05, 0) is 17.7 Å². The predicted molar refractivity (Wildman–Crippen MR) is 74.7 cm³/mol. The second-order valence-corrected chi connectivity index (χ2v) is 6.31. The first-order valence-electron chi connectivity index (χ1n) is 5.80. The number of benzene rings is 1. The van der Waals surface area contributed by atoms with Crippen molar-refractivity contribution in [2.45, 2.75) is 11.6 Å². The molecular weight excluding hydrogens is 278 g/mol. The minimum atomic E-state index is -3.60. The maximum Gasteiger partial charge on any atom is 0.260 e. The van der Waals surface area contributed by atoms with E-state index in [1.807, 2.05) is 0 Å². The summed E-state index contributed by atoms with van der Waals surface area (Å²) in [7, 11) is -2.11. The number of aromatic amines is 1. The molecule has 0 spiro atoms. The highest BCUT2D eigenvalue weighted by Crippen LogP contribution is 2.14. The molecule has 0 bridgehead atoms. The Morgan fingerprint density at radius 1 is 1.45 bits per heavy atom. The van der Waals surface area contributed by atoms with Gasteiger partial charge in [0.25, 0.3) is 10.0 Å². The normalized spacial score (nSPS) is 11.7. The second kappa shape index (κ2) is 5.43. The van der Waals surface area contributed by atoms with Crippen LogP contribution in [0.1, 0.15) is 11.1 Å². The number of nitrogen functional groups attached to an aromatic ring is 1. The number of hydrogen-bond donors (Lipinski definition) is 3. The molecule has 1 aromatic carbocycles. The lowest BCUT2D eigenvalue weighted by Gasteiger charge is -2.16. The van der Waals surface area contributed by atoms with E-state index in [0.29, 0.717) is 5.56 Å². The van der Waals surface area contributed by atoms with Crippen LogP contribution in [0.25, 0.3) is 0 Å². The van der Waals surface area contributed by atoms with Gasteiger partial charge in [0.05, 0.1) is 6.20 Å². The van der Waals surface area contributed by atoms with Crippen molar-refractivity contribution in [1.29, 1.82) is 5.41 Å². The van der Waals surface area contributed by atoms with Gasteiger partial charge in [0.15, 0.2) is 5.03 Å². The van der Waals surface area contributed by atoms with Crippen molar-refractivity contribution in [3.63, 3.8) is 0 Å². The van der Waals surface area contributed by atoms with Crippen molar-refractivity contribution in [2.75, 3.05) is 7.05 Å². The number of amidine groups is 1. The average Bonchev–Trinajstić information content (AvgIpc) is 2.93. The van der Waals surface area contributed by atoms with Crippen LogP contribution in [-0.2, 0) is 16.6 Å². The van der Waals surface area contributed by atoms with Gasteiger partial charge in [0, 0.05) is 19.2 Å². The highest BCUT2D eigenvalue weighted by molar-refractivity contribution is 7.89. The number of nitrogens with one attached hydrogen (secondary N) is 2. The summed E-state index contributed by atoms with van der Waals surface area (Å²) in [4.78, 5) is 0. The van der Waals surface area contributed by atoms with Crippen molar-refractivity contribution in [1.82, 2.24) is 14.5 Å². The van der Waals surface area contributed by atoms with Crippen molar-refractivity contribution < 1.29 is 8.42 Å². The molecular formula is C12H15N5O2S. The maximum atomic E-state index is 12.2. The average molecular weight is 293 g/mol. The van der Waals surface area contributed by atoms with Crippen LogP contribution in [0.4, 0.5) is 0 Å². The molecule has 4 N–H and O–H groups in total. The molecule has 0 aliphatic heterocycles. The zero-order chi connectivity index (χ0) is 14.8. The van der Waals surface area contributed by atoms with E-state index in [1.54, 1.807) is 24.3 Å². The van der Waals surface area contributed by atoms with E-state index in [0.717, 1.165) is 5.56 Å². The van der Waals surface area contributed by atoms with E-state index in [1.165, 1.54) is 23.6 Å². The number of nitrogens with zero attached hydrogens (tertiary/aromatic N) is 2. The van der Waals surface area contributed by atoms with E-state index in [2.05, 4.69) is 10.2 Å². The largest absolute Gasteiger partial charge is 0.384 e. The Bertz CT molecular complexity index is 709. The van der Waals surface area contributed by atoms with Gasteiger partial charge >= 0.3 is 0 Å². The molecule has 1 heterocycles. The number of rotatable bonds is 5. The van der Waals surface area contributed by atoms with E-state index in [9.17, 15) is 8.42 Å². The third-order valence-electron chi connectivity index (χ3n) is 2.81. The molecule has 0 saturated heterocycles. The molecule has 0 atom stereocenters. The van der Waals surface area contributed by atoms with Gasteiger partial charge in [0.1, 0.15) is 5.84 Å². The Hall–Kier alpha value is -2.19. The molecule has 0 radical (unpaired) electrons. The van der Waals surface area contributed by atoms with Crippen molar-refractivity contribution in [2.24, 2.45) is 5.73 Å². The zero-order valence-corrected chi connectivity index (χ0v) is 11.7. The van der Waals surface area contributed by atoms with Gasteiger partial charge in [-0.15, -0.1) is 0 Å². The lowest BCUT2D eigenvalue weighted by atomic mass is 10.1. The smallest absolute Gasteiger partial charge is 0.260 e. The summed E-state index contributed by atoms with van der Waals surface area (Å²) in [6.07, 6.45) is 1.39. The topological polar surface area (TPSA) is 116 Å². The first kappa shape index (κ1) is 14.2. The zero-order valence-electron chi connectivity index (χ0n) is 10.9. The van der Waals surface area contributed by atoms with E-state index >= 15 is 0 Å². The molecule has 1 aromatic heterocycles. The Morgan fingerprint density at radius 2 is 2.20 bits per heavy atom. The number of hydrogen-bond acceptors (Lipinski definition) is 4. The number of sulfonamides is 1. The third kappa shape index (κ3) is 2.86. The Morgan fingerprint density at radius 3 is 2.80 bits per heavy atom. The van der Waals surface area contributed by atoms with Crippen molar-refractivity contribution >= 4 is 15.9 Å². The van der Waals surface area contributed by atoms with Crippen LogP contribution < -0.4 is 5.73 Å². The van der Waals surface area contributed by atoms with Crippen LogP contribution in [0.3, 0.4) is 0 Å². The van der Waals surface area contributed by atoms with Crippen LogP contribution in [-0.4, -0.2) is 35.8 Å². The number of nitrogens with two attached hydrogens (primary N) is 1. The molecule has 0 unspecified atom stereocenters. The van der Waals surface area contributed by atoms with Crippen LogP contribution >= 0.6 is 0 Å². The van der Waals surface area contributed by atoms with Gasteiger partial charge in [-0.1, -0.05) is 18.2 Å². The predicted octanol–water partition coefficient (Wildman–Crippen LogP) is 0.514. The van der Waals surface area contributed by atoms with Crippen LogP contribution in [0.5, 0.6) is 0 Å². The lowest BCUT2D eigenvalue weighted by molar-refractivity contribution is 0.463. The van der Waals surface area contributed by atoms with Gasteiger partial charge in [-0.25, -0.2) is 8.42 Å². The monoisotopic (exact) mass is 293 g/mol. The summed E-state index contributed by atoms with van der Waals surface area (Å²) in [6.45, 7) is 0.183. The molecule has 0 aliphatic rings.